The fraction of sp³-hybridized carbons (Fsp3) is 0.308. The number of amides is 1. The van der Waals surface area contributed by atoms with Crippen LogP contribution in [-0.2, 0) is 41.6 Å². The maximum Gasteiger partial charge on any atom is 0.255 e. The van der Waals surface area contributed by atoms with Gasteiger partial charge in [-0.1, -0.05) is 60.7 Å². The van der Waals surface area contributed by atoms with Gasteiger partial charge < -0.3 is 119 Å². The van der Waals surface area contributed by atoms with Crippen LogP contribution in [0.1, 0.15) is 92.0 Å². The number of methoxy groups -OCH3 is 11. The summed E-state index contributed by atoms with van der Waals surface area (Å²) in [6, 6.07) is 59.2. The van der Waals surface area contributed by atoms with E-state index in [4.69, 9.17) is 78.2 Å². The number of primary amides is 1. The third-order valence-corrected chi connectivity index (χ3v) is 24.7. The minimum atomic E-state index is -0.874. The molecule has 34 nitrogen and oxygen atoms in total. The summed E-state index contributed by atoms with van der Waals surface area (Å²) in [5.74, 6) is 9.01. The molecule has 141 heavy (non-hydrogen) atoms. The average molecular weight is 1920 g/mol. The molecule has 10 N–H and O–H groups in total. The molecule has 18 rings (SSSR count). The molecule has 0 atom stereocenters. The zero-order valence-electron chi connectivity index (χ0n) is 83.2. The first-order valence-electron chi connectivity index (χ1n) is 45.9. The van der Waals surface area contributed by atoms with E-state index in [0.717, 1.165) is 73.4 Å². The Bertz CT molecular complexity index is 6660. The van der Waals surface area contributed by atoms with Crippen molar-refractivity contribution in [2.75, 3.05) is 153 Å². The fourth-order valence-corrected chi connectivity index (χ4v) is 17.8. The number of benzene rings is 9. The molecule has 0 radical (unpaired) electrons. The molecule has 0 aliphatic carbocycles. The molecule has 0 bridgehead atoms. The summed E-state index contributed by atoms with van der Waals surface area (Å²) >= 11 is 0. The standard InChI is InChI=1S/C25H29N3O3.C24H28N4O4.C24H27N3O3.C21H22N4O3.C13H15N3O4/c1-15(2)26-24-22(21-11-16-9-7-8-10-20(16)27-21)23(29)25(3,4)28(24)17-12-18(30-5)14-19(13-17)31-6;1-24(2)21(29)20(22-26-18-8-6-7-9-19(18)27-22)23(25-10-11-30-3)28(24)15-12-16(31-4)14-17(13-15)32-5;1-6-25-23-21(20-11-15-9-7-8-10-19(15)26-20)22(28)24(2,3)27(23)16-12-17(29-4)14-18(13-16)30-5;1-4-22-21-19(20-23-16-7-5-6-8-17(16)24-20)18(26)12-25(21)13-9-14(27-2)11-15(10-13)28-3;1-19-8-3-7(4-9(5-8)20-2)16-6-10(17)11(12(16)14)13(15)18/h7-10,12-15,27H,11H2,1-6H3;6-9,12-14,25H,10-11H2,1-5H3,(H,26,27);7-10,12-14,26H,6,11H2,1-5H3;5-11,22H,4,12H2,1-3H3,(H,23,24);3-5,14,17H,6H2,1-2H3,(H2,15,18). The van der Waals surface area contributed by atoms with Crippen LogP contribution in [0.25, 0.3) is 33.2 Å². The van der Waals surface area contributed by atoms with E-state index in [2.05, 4.69) is 48.4 Å². The van der Waals surface area contributed by atoms with Crippen molar-refractivity contribution < 1.29 is 81.2 Å². The zero-order valence-corrected chi connectivity index (χ0v) is 83.2. The van der Waals surface area contributed by atoms with Crippen LogP contribution >= 0.6 is 0 Å². The van der Waals surface area contributed by atoms with Gasteiger partial charge in [0.05, 0.1) is 152 Å². The first kappa shape index (κ1) is 101. The molecule has 0 spiro atoms. The molecule has 9 aromatic carbocycles. The number of nitrogens with zero attached hydrogens (tertiary/aromatic N) is 9. The van der Waals surface area contributed by atoms with E-state index in [9.17, 15) is 29.1 Å². The lowest BCUT2D eigenvalue weighted by atomic mass is 9.95. The van der Waals surface area contributed by atoms with Gasteiger partial charge in [0.1, 0.15) is 137 Å². The third-order valence-electron chi connectivity index (χ3n) is 24.7. The van der Waals surface area contributed by atoms with Crippen molar-refractivity contribution in [1.29, 1.82) is 5.41 Å². The highest BCUT2D eigenvalue weighted by Gasteiger charge is 2.54. The van der Waals surface area contributed by atoms with Gasteiger partial charge in [-0.15, -0.1) is 0 Å². The smallest absolute Gasteiger partial charge is 0.255 e. The summed E-state index contributed by atoms with van der Waals surface area (Å²) in [4.78, 5) is 100. The van der Waals surface area contributed by atoms with Crippen LogP contribution < -0.4 is 98.9 Å². The number of nitrogens with two attached hydrogens (primary N) is 1. The van der Waals surface area contributed by atoms with Crippen LogP contribution in [0.2, 0.25) is 0 Å². The van der Waals surface area contributed by atoms with E-state index in [1.54, 1.807) is 94.3 Å². The number of aromatic amines is 2. The second-order valence-corrected chi connectivity index (χ2v) is 35.2. The topological polar surface area (TPSA) is 403 Å². The van der Waals surface area contributed by atoms with Crippen molar-refractivity contribution in [1.82, 2.24) is 30.6 Å². The summed E-state index contributed by atoms with van der Waals surface area (Å²) in [6.45, 7) is 22.0. The van der Waals surface area contributed by atoms with E-state index in [0.29, 0.717) is 154 Å². The number of aliphatic hydroxyl groups is 1. The van der Waals surface area contributed by atoms with Gasteiger partial charge in [0.25, 0.3) is 5.91 Å². The van der Waals surface area contributed by atoms with Crippen molar-refractivity contribution in [2.24, 2.45) is 15.7 Å². The number of H-pyrrole nitrogens is 2. The minimum absolute atomic E-state index is 0.00297. The van der Waals surface area contributed by atoms with Gasteiger partial charge >= 0.3 is 0 Å². The molecule has 0 saturated carbocycles. The van der Waals surface area contributed by atoms with Gasteiger partial charge in [-0.05, 0) is 117 Å². The Hall–Kier alpha value is -16.3. The number of Topliss-reactive ketones (excluding diaryl/α,β-unsaturated/α-hetero) is 4. The number of aromatic nitrogens is 4. The van der Waals surface area contributed by atoms with Crippen molar-refractivity contribution in [3.05, 3.63) is 256 Å². The summed E-state index contributed by atoms with van der Waals surface area (Å²) in [7, 11) is 17.6. The lowest BCUT2D eigenvalue weighted by Gasteiger charge is -2.35. The van der Waals surface area contributed by atoms with Gasteiger partial charge in [0.15, 0.2) is 23.1 Å². The van der Waals surface area contributed by atoms with Gasteiger partial charge in [0, 0.05) is 159 Å². The van der Waals surface area contributed by atoms with Crippen LogP contribution in [0, 0.1) is 5.41 Å². The zero-order chi connectivity index (χ0) is 101. The van der Waals surface area contributed by atoms with E-state index in [-0.39, 0.29) is 59.4 Å². The fourth-order valence-electron chi connectivity index (χ4n) is 17.8. The number of hydrogen-bond acceptors (Lipinski definition) is 28. The molecule has 2 saturated heterocycles. The number of imidazole rings is 2. The summed E-state index contributed by atoms with van der Waals surface area (Å²) in [6.07, 6.45) is 1.37. The van der Waals surface area contributed by atoms with Gasteiger partial charge in [-0.2, -0.15) is 0 Å². The Kier molecular flexibility index (Phi) is 30.5. The Morgan fingerprint density at radius 1 is 0.461 bits per heavy atom. The lowest BCUT2D eigenvalue weighted by Crippen LogP contribution is -2.46. The highest BCUT2D eigenvalue weighted by molar-refractivity contribution is 6.39. The first-order valence-corrected chi connectivity index (χ1v) is 45.9. The molecule has 34 heteroatoms. The Morgan fingerprint density at radius 3 is 1.20 bits per heavy atom. The van der Waals surface area contributed by atoms with Gasteiger partial charge in [-0.3, -0.25) is 39.4 Å². The van der Waals surface area contributed by atoms with Crippen molar-refractivity contribution >= 4 is 120 Å². The number of anilines is 7. The highest BCUT2D eigenvalue weighted by atomic mass is 16.5. The SMILES string of the molecule is CCN=C1C(=C2Cc3ccccc3N2)C(=O)C(C)(C)N1c1cc(OC)cc(OC)c1.CCNC1=C(c2nc3ccccc3[nH]2)C(=O)CN1c1cc(OC)cc(OC)c1.COCCNC1=C(c2nc3ccccc3[nH]2)C(=O)C(C)(C)N1c1cc(OC)cc(OC)c1.COc1cc(OC)cc(N2C(=NC(C)C)C(=C3Cc4ccccc4N3)C(=O)C2(C)C)c1.COc1cc(OC)cc(N2CC(O)=C(C(N)=O)C2=N)c1. The molecule has 7 aliphatic heterocycles. The molecule has 2 aromatic heterocycles. The van der Waals surface area contributed by atoms with E-state index >= 15 is 0 Å². The number of rotatable bonds is 26. The number of carbonyl (C=O) groups is 5. The van der Waals surface area contributed by atoms with Crippen molar-refractivity contribution in [2.45, 2.75) is 105 Å². The van der Waals surface area contributed by atoms with Gasteiger partial charge in [-0.25, -0.2) is 9.97 Å². The largest absolute Gasteiger partial charge is 0.509 e. The normalized spacial score (nSPS) is 17.5. The number of aliphatic imine (C=N–C) groups is 2. The molecular formula is C107H121N17O17. The number of aliphatic hydroxyl groups excluding tert-OH is 1. The van der Waals surface area contributed by atoms with E-state index in [1.165, 1.54) is 30.2 Å². The van der Waals surface area contributed by atoms with Crippen LogP contribution in [0.5, 0.6) is 57.5 Å². The number of allylic oxidation sites excluding steroid dienone is 2. The second-order valence-electron chi connectivity index (χ2n) is 35.2. The number of ketones is 4. The number of amidine groups is 3. The number of nitrogens with one attached hydrogen (secondary N) is 7. The molecule has 11 aromatic rings. The first-order chi connectivity index (χ1) is 67.7. The third kappa shape index (κ3) is 20.5. The predicted octanol–water partition coefficient (Wildman–Crippen LogP) is 15.9. The van der Waals surface area contributed by atoms with Crippen LogP contribution in [0.3, 0.4) is 0 Å². The molecule has 1 amide bonds. The molecule has 736 valence electrons. The quantitative estimate of drug-likeness (QED) is 0.0180. The van der Waals surface area contributed by atoms with Crippen molar-refractivity contribution in [3.63, 3.8) is 0 Å². The Balaban J connectivity index is 0.000000141. The summed E-state index contributed by atoms with van der Waals surface area (Å²) in [5.41, 5.74) is 18.3. The van der Waals surface area contributed by atoms with Crippen molar-refractivity contribution in [3.8, 4) is 57.5 Å². The van der Waals surface area contributed by atoms with Crippen LogP contribution in [0.15, 0.2) is 244 Å². The Morgan fingerprint density at radius 2 is 0.823 bits per heavy atom. The predicted molar refractivity (Wildman–Crippen MR) is 550 cm³/mol. The number of ether oxygens (including phenoxy) is 11. The number of hydrogen-bond donors (Lipinski definition) is 9. The second kappa shape index (κ2) is 42.8. The molecule has 9 heterocycles. The highest BCUT2D eigenvalue weighted by Crippen LogP contribution is 2.48. The summed E-state index contributed by atoms with van der Waals surface area (Å²) < 4.78 is 59.1. The minimum Gasteiger partial charge on any atom is -0.509 e. The summed E-state index contributed by atoms with van der Waals surface area (Å²) in [5, 5.41) is 31.3. The maximum atomic E-state index is 13.8. The number of para-hydroxylation sites is 6. The van der Waals surface area contributed by atoms with Gasteiger partial charge in [0.2, 0.25) is 0 Å². The molecule has 0 unspecified atom stereocenters. The van der Waals surface area contributed by atoms with Crippen LogP contribution in [-0.4, -0.2) is 212 Å². The molecule has 2 fully saturated rings. The molecule has 7 aliphatic rings. The van der Waals surface area contributed by atoms with E-state index in [1.807, 2.05) is 234 Å². The number of carbonyl (C=O) groups excluding carboxylic acids is 5. The number of fused-ring (bicyclic) bond motifs is 4. The monoisotopic (exact) mass is 1920 g/mol. The molecular weight excluding hydrogens is 1800 g/mol. The van der Waals surface area contributed by atoms with E-state index < -0.39 is 22.5 Å². The Labute approximate surface area is 819 Å². The lowest BCUT2D eigenvalue weighted by molar-refractivity contribution is -0.118. The average Bonchev–Trinajstić information content (AvgIpc) is 1.58. The van der Waals surface area contributed by atoms with Crippen LogP contribution in [0.4, 0.5) is 39.8 Å². The maximum absolute atomic E-state index is 13.8.